The number of nitrogens with one attached hydrogen (secondary N) is 1. The number of amides is 1. The Morgan fingerprint density at radius 3 is 2.17 bits per heavy atom. The number of alkyl carbamates (subject to hydrolysis) is 1. The Bertz CT molecular complexity index is 1700. The molecule has 0 unspecified atom stereocenters. The smallest absolute Gasteiger partial charge is 0.407 e. The van der Waals surface area contributed by atoms with Gasteiger partial charge in [-0.15, -0.1) is 5.10 Å². The van der Waals surface area contributed by atoms with Gasteiger partial charge in [-0.1, -0.05) is 96.2 Å². The van der Waals surface area contributed by atoms with Crippen molar-refractivity contribution in [2.24, 2.45) is 0 Å². The Labute approximate surface area is 242 Å². The molecule has 1 heterocycles. The van der Waals surface area contributed by atoms with Crippen LogP contribution in [0.1, 0.15) is 40.2 Å². The first-order valence-corrected chi connectivity index (χ1v) is 13.7. The van der Waals surface area contributed by atoms with E-state index in [1.54, 1.807) is 24.3 Å². The minimum absolute atomic E-state index is 0.00909. The first-order valence-electron chi connectivity index (χ1n) is 13.7. The lowest BCUT2D eigenvalue weighted by atomic mass is 9.98. The van der Waals surface area contributed by atoms with Crippen molar-refractivity contribution < 1.29 is 23.9 Å². The highest BCUT2D eigenvalue weighted by Crippen LogP contribution is 2.44. The zero-order valence-electron chi connectivity index (χ0n) is 22.7. The average molecular weight is 561 g/mol. The van der Waals surface area contributed by atoms with Gasteiger partial charge in [0.1, 0.15) is 24.8 Å². The number of ether oxygens (including phenoxy) is 2. The van der Waals surface area contributed by atoms with Gasteiger partial charge in [-0.05, 0) is 46.4 Å². The fraction of sp³-hybridized carbons (Fsp3) is 0.182. The largest absolute Gasteiger partial charge is 0.461 e. The second-order valence-electron chi connectivity index (χ2n) is 10.0. The molecule has 1 aliphatic rings. The summed E-state index contributed by atoms with van der Waals surface area (Å²) < 4.78 is 12.2. The normalized spacial score (nSPS) is 12.8. The molecule has 0 aliphatic heterocycles. The molecule has 0 radical (unpaired) electrons. The third-order valence-corrected chi connectivity index (χ3v) is 7.37. The molecule has 0 fully saturated rings. The van der Waals surface area contributed by atoms with Crippen LogP contribution in [0.15, 0.2) is 103 Å². The molecule has 42 heavy (non-hydrogen) atoms. The topological polar surface area (TPSA) is 112 Å². The van der Waals surface area contributed by atoms with Crippen molar-refractivity contribution in [3.05, 3.63) is 120 Å². The van der Waals surface area contributed by atoms with E-state index in [0.29, 0.717) is 11.0 Å². The number of hydrogen-bond donors (Lipinski definition) is 1. The second kappa shape index (κ2) is 12.1. The number of hydrogen-bond acceptors (Lipinski definition) is 7. The fourth-order valence-corrected chi connectivity index (χ4v) is 5.29. The van der Waals surface area contributed by atoms with Gasteiger partial charge in [-0.2, -0.15) is 4.68 Å². The number of benzene rings is 4. The van der Waals surface area contributed by atoms with E-state index in [1.807, 2.05) is 66.7 Å². The summed E-state index contributed by atoms with van der Waals surface area (Å²) in [6.07, 6.45) is -0.873. The van der Waals surface area contributed by atoms with E-state index < -0.39 is 24.0 Å². The minimum atomic E-state index is -1.10. The van der Waals surface area contributed by atoms with Crippen LogP contribution in [0.3, 0.4) is 0 Å². The van der Waals surface area contributed by atoms with E-state index in [-0.39, 0.29) is 32.0 Å². The van der Waals surface area contributed by atoms with Gasteiger partial charge in [0.25, 0.3) is 5.91 Å². The Morgan fingerprint density at radius 1 is 0.786 bits per heavy atom. The van der Waals surface area contributed by atoms with Gasteiger partial charge >= 0.3 is 12.1 Å². The van der Waals surface area contributed by atoms with E-state index in [1.165, 1.54) is 0 Å². The molecule has 4 aromatic carbocycles. The molecule has 1 aliphatic carbocycles. The molecule has 0 saturated carbocycles. The Balaban J connectivity index is 1.15. The molecule has 0 bridgehead atoms. The van der Waals surface area contributed by atoms with Crippen LogP contribution in [-0.4, -0.2) is 45.6 Å². The second-order valence-corrected chi connectivity index (χ2v) is 10.0. The predicted molar refractivity (Wildman–Crippen MR) is 156 cm³/mol. The number of aromatic nitrogens is 3. The lowest BCUT2D eigenvalue weighted by molar-refractivity contribution is -0.145. The van der Waals surface area contributed by atoms with E-state index in [9.17, 15) is 14.4 Å². The molecule has 0 saturated heterocycles. The number of para-hydroxylation sites is 1. The van der Waals surface area contributed by atoms with Crippen LogP contribution in [-0.2, 0) is 20.9 Å². The minimum Gasteiger partial charge on any atom is -0.461 e. The third-order valence-electron chi connectivity index (χ3n) is 7.37. The zero-order chi connectivity index (χ0) is 28.9. The summed E-state index contributed by atoms with van der Waals surface area (Å²) in [5.74, 6) is -1.16. The molecule has 1 amide bonds. The van der Waals surface area contributed by atoms with Gasteiger partial charge in [0.2, 0.25) is 0 Å². The highest BCUT2D eigenvalue weighted by molar-refractivity contribution is 5.93. The van der Waals surface area contributed by atoms with Crippen molar-refractivity contribution in [3.63, 3.8) is 0 Å². The van der Waals surface area contributed by atoms with Crippen LogP contribution >= 0.6 is 0 Å². The maximum absolute atomic E-state index is 13.6. The first-order chi connectivity index (χ1) is 20.6. The van der Waals surface area contributed by atoms with E-state index in [4.69, 9.17) is 9.47 Å². The number of fused-ring (bicyclic) bond motifs is 4. The molecule has 6 rings (SSSR count). The van der Waals surface area contributed by atoms with E-state index >= 15 is 0 Å². The molecular formula is C33H28N4O5. The van der Waals surface area contributed by atoms with Crippen LogP contribution in [0.25, 0.3) is 22.2 Å². The Hall–Kier alpha value is -5.31. The number of carbonyl (C=O) groups excluding carboxylic acids is 3. The monoisotopic (exact) mass is 560 g/mol. The number of esters is 1. The average Bonchev–Trinajstić information content (AvgIpc) is 3.60. The van der Waals surface area contributed by atoms with Crippen molar-refractivity contribution in [1.29, 1.82) is 0 Å². The lowest BCUT2D eigenvalue weighted by Gasteiger charge is -2.19. The van der Waals surface area contributed by atoms with Gasteiger partial charge in [-0.25, -0.2) is 4.79 Å². The van der Waals surface area contributed by atoms with Crippen molar-refractivity contribution in [2.75, 3.05) is 6.61 Å². The zero-order valence-corrected chi connectivity index (χ0v) is 22.7. The van der Waals surface area contributed by atoms with Crippen molar-refractivity contribution in [1.82, 2.24) is 20.3 Å². The molecular weight excluding hydrogens is 532 g/mol. The summed E-state index contributed by atoms with van der Waals surface area (Å²) in [7, 11) is 0. The summed E-state index contributed by atoms with van der Waals surface area (Å²) in [4.78, 5) is 39.2. The molecule has 9 heteroatoms. The van der Waals surface area contributed by atoms with Crippen LogP contribution in [0.4, 0.5) is 4.79 Å². The summed E-state index contributed by atoms with van der Waals surface area (Å²) >= 11 is 0. The number of nitrogens with zero attached hydrogens (tertiary/aromatic N) is 3. The third kappa shape index (κ3) is 5.62. The highest BCUT2D eigenvalue weighted by atomic mass is 16.5. The van der Waals surface area contributed by atoms with Gasteiger partial charge in [0.15, 0.2) is 0 Å². The maximum Gasteiger partial charge on any atom is 0.407 e. The van der Waals surface area contributed by atoms with Crippen LogP contribution in [0.2, 0.25) is 0 Å². The molecule has 1 N–H and O–H groups in total. The molecule has 0 spiro atoms. The maximum atomic E-state index is 13.6. The van der Waals surface area contributed by atoms with Crippen molar-refractivity contribution >= 4 is 29.0 Å². The molecule has 1 atom stereocenters. The highest BCUT2D eigenvalue weighted by Gasteiger charge is 2.31. The Morgan fingerprint density at radius 2 is 1.43 bits per heavy atom. The lowest BCUT2D eigenvalue weighted by Crippen LogP contribution is -2.44. The van der Waals surface area contributed by atoms with Crippen LogP contribution in [0, 0.1) is 0 Å². The quantitative estimate of drug-likeness (QED) is 0.237. The molecule has 1 aromatic heterocycles. The molecule has 9 nitrogen and oxygen atoms in total. The van der Waals surface area contributed by atoms with Crippen molar-refractivity contribution in [2.45, 2.75) is 31.4 Å². The Kier molecular flexibility index (Phi) is 7.72. The van der Waals surface area contributed by atoms with Gasteiger partial charge in [0.05, 0.1) is 5.52 Å². The standard InChI is InChI=1S/C33H28N4O5/c38-31(41-20-22-10-2-1-3-11-22)19-18-29(32(39)37-30-17-9-8-16-28(30)35-36-37)34-33(40)42-21-27-25-14-6-4-12-23(25)24-13-5-7-15-26(24)27/h1-17,27,29H,18-21H2,(H,34,40)/t29-/m0/s1. The van der Waals surface area contributed by atoms with E-state index in [0.717, 1.165) is 32.5 Å². The number of rotatable bonds is 9. The first kappa shape index (κ1) is 26.9. The van der Waals surface area contributed by atoms with E-state index in [2.05, 4.69) is 27.8 Å². The van der Waals surface area contributed by atoms with Gasteiger partial charge in [-0.3, -0.25) is 9.59 Å². The van der Waals surface area contributed by atoms with Crippen LogP contribution < -0.4 is 5.32 Å². The van der Waals surface area contributed by atoms with Gasteiger partial charge < -0.3 is 14.8 Å². The summed E-state index contributed by atoms with van der Waals surface area (Å²) in [6, 6.07) is 31.3. The van der Waals surface area contributed by atoms with Crippen molar-refractivity contribution in [3.8, 4) is 11.1 Å². The predicted octanol–water partition coefficient (Wildman–Crippen LogP) is 5.50. The summed E-state index contributed by atoms with van der Waals surface area (Å²) in [5, 5.41) is 10.7. The van der Waals surface area contributed by atoms with Crippen LogP contribution in [0.5, 0.6) is 0 Å². The van der Waals surface area contributed by atoms with Gasteiger partial charge in [0, 0.05) is 12.3 Å². The fourth-order valence-electron chi connectivity index (χ4n) is 5.29. The number of carbonyl (C=O) groups is 3. The summed E-state index contributed by atoms with van der Waals surface area (Å²) in [6.45, 7) is 0.206. The molecule has 5 aromatic rings. The summed E-state index contributed by atoms with van der Waals surface area (Å²) in [5.41, 5.74) is 6.26. The molecule has 210 valence electrons. The SMILES string of the molecule is O=C(CC[C@H](NC(=O)OCC1c2ccccc2-c2ccccc21)C(=O)n1nnc2ccccc21)OCc1ccccc1.